The van der Waals surface area contributed by atoms with Gasteiger partial charge >= 0.3 is 0 Å². The fourth-order valence-corrected chi connectivity index (χ4v) is 4.76. The molecule has 9 heteroatoms. The van der Waals surface area contributed by atoms with E-state index in [0.717, 1.165) is 10.4 Å². The van der Waals surface area contributed by atoms with Crippen LogP contribution >= 0.6 is 11.0 Å². The number of nitrogens with zero attached hydrogens (tertiary/aromatic N) is 2. The van der Waals surface area contributed by atoms with Crippen molar-refractivity contribution in [1.29, 1.82) is 0 Å². The van der Waals surface area contributed by atoms with E-state index in [2.05, 4.69) is 5.32 Å². The lowest BCUT2D eigenvalue weighted by Gasteiger charge is -2.44. The molecule has 0 aromatic heterocycles. The van der Waals surface area contributed by atoms with Crippen LogP contribution in [0.3, 0.4) is 0 Å². The highest BCUT2D eigenvalue weighted by atomic mass is 32.3. The minimum absolute atomic E-state index is 0.135. The maximum Gasteiger partial charge on any atom is 0.184 e. The Morgan fingerprint density at radius 1 is 1.04 bits per heavy atom. The third-order valence-corrected chi connectivity index (χ3v) is 6.02. The summed E-state index contributed by atoms with van der Waals surface area (Å²) in [6, 6.07) is 10.3. The standard InChI is InChI=1S/C17H21F2N3O3S/c1-20-11-12(23)9-10-21-14-6-2-3-7-15(14)22(26(21,24)25)16-8-4-5-13(18)17(16)19/h2-8,12,20,23-25H,9-11H2,1H3/t12-/m0/s1. The zero-order chi connectivity index (χ0) is 18.9. The molecule has 1 aliphatic rings. The van der Waals surface area contributed by atoms with Crippen molar-refractivity contribution in [3.63, 3.8) is 0 Å². The predicted molar refractivity (Wildman–Crippen MR) is 99.7 cm³/mol. The van der Waals surface area contributed by atoms with Crippen molar-refractivity contribution in [2.24, 2.45) is 0 Å². The van der Waals surface area contributed by atoms with Crippen molar-refractivity contribution in [3.05, 3.63) is 54.1 Å². The average Bonchev–Trinajstić information content (AvgIpc) is 2.82. The van der Waals surface area contributed by atoms with E-state index in [1.54, 1.807) is 31.3 Å². The molecule has 0 unspecified atom stereocenters. The van der Waals surface area contributed by atoms with Crippen LogP contribution in [-0.2, 0) is 0 Å². The molecule has 3 rings (SSSR count). The van der Waals surface area contributed by atoms with Crippen LogP contribution in [0.1, 0.15) is 6.42 Å². The maximum absolute atomic E-state index is 14.3. The van der Waals surface area contributed by atoms with Crippen LogP contribution in [0.15, 0.2) is 42.5 Å². The molecule has 4 N–H and O–H groups in total. The summed E-state index contributed by atoms with van der Waals surface area (Å²) in [7, 11) is -1.96. The Morgan fingerprint density at radius 3 is 2.38 bits per heavy atom. The molecule has 0 fully saturated rings. The van der Waals surface area contributed by atoms with Crippen molar-refractivity contribution in [2.75, 3.05) is 28.7 Å². The van der Waals surface area contributed by atoms with Crippen LogP contribution in [0.25, 0.3) is 0 Å². The van der Waals surface area contributed by atoms with Crippen molar-refractivity contribution in [2.45, 2.75) is 12.5 Å². The maximum atomic E-state index is 14.3. The molecule has 142 valence electrons. The Labute approximate surface area is 152 Å². The van der Waals surface area contributed by atoms with Crippen molar-refractivity contribution in [3.8, 4) is 0 Å². The number of para-hydroxylation sites is 2. The topological polar surface area (TPSA) is 79.2 Å². The molecular weight excluding hydrogens is 364 g/mol. The minimum atomic E-state index is -3.66. The Kier molecular flexibility index (Phi) is 5.35. The molecule has 0 aliphatic carbocycles. The third kappa shape index (κ3) is 3.24. The van der Waals surface area contributed by atoms with Gasteiger partial charge in [-0.25, -0.2) is 13.1 Å². The summed E-state index contributed by atoms with van der Waals surface area (Å²) in [5.41, 5.74) is 0.587. The van der Waals surface area contributed by atoms with Crippen molar-refractivity contribution >= 4 is 28.0 Å². The summed E-state index contributed by atoms with van der Waals surface area (Å²) in [5, 5.41) is 12.8. The molecule has 0 saturated heterocycles. The monoisotopic (exact) mass is 385 g/mol. The molecule has 1 heterocycles. The van der Waals surface area contributed by atoms with Gasteiger partial charge in [0.25, 0.3) is 0 Å². The molecule has 0 saturated carbocycles. The summed E-state index contributed by atoms with van der Waals surface area (Å²) in [5.74, 6) is -2.22. The van der Waals surface area contributed by atoms with Gasteiger partial charge < -0.3 is 10.4 Å². The zero-order valence-electron chi connectivity index (χ0n) is 14.1. The first-order valence-corrected chi connectivity index (χ1v) is 9.56. The van der Waals surface area contributed by atoms with E-state index in [0.29, 0.717) is 17.9 Å². The molecule has 2 aromatic carbocycles. The van der Waals surface area contributed by atoms with E-state index in [-0.39, 0.29) is 18.7 Å². The Bertz CT molecular complexity index is 794. The van der Waals surface area contributed by atoms with E-state index in [1.165, 1.54) is 16.4 Å². The molecule has 0 spiro atoms. The third-order valence-electron chi connectivity index (χ3n) is 4.17. The van der Waals surface area contributed by atoms with Crippen LogP contribution in [0.4, 0.5) is 25.8 Å². The molecule has 0 amide bonds. The smallest absolute Gasteiger partial charge is 0.184 e. The summed E-state index contributed by atoms with van der Waals surface area (Å²) >= 11 is 0. The number of likely N-dealkylation sites (N-methyl/N-ethyl adjacent to an activating group) is 1. The number of fused-ring (bicyclic) bond motifs is 1. The highest BCUT2D eigenvalue weighted by molar-refractivity contribution is 8.27. The minimum Gasteiger partial charge on any atom is -0.392 e. The molecule has 1 aliphatic heterocycles. The molecule has 2 aromatic rings. The quantitative estimate of drug-likeness (QED) is 0.610. The zero-order valence-corrected chi connectivity index (χ0v) is 15.0. The first-order chi connectivity index (χ1) is 12.4. The number of aliphatic hydroxyl groups excluding tert-OH is 1. The van der Waals surface area contributed by atoms with E-state index >= 15 is 0 Å². The SMILES string of the molecule is CNC[C@@H](O)CCN1c2ccccc2N(c2cccc(F)c2F)S1(O)O. The lowest BCUT2D eigenvalue weighted by molar-refractivity contribution is 0.167. The first-order valence-electron chi connectivity index (χ1n) is 8.09. The highest BCUT2D eigenvalue weighted by Crippen LogP contribution is 2.64. The van der Waals surface area contributed by atoms with Gasteiger partial charge in [0.2, 0.25) is 0 Å². The Balaban J connectivity index is 2.00. The molecule has 26 heavy (non-hydrogen) atoms. The van der Waals surface area contributed by atoms with Gasteiger partial charge in [0, 0.05) is 13.1 Å². The average molecular weight is 385 g/mol. The lowest BCUT2D eigenvalue weighted by atomic mass is 10.2. The van der Waals surface area contributed by atoms with Crippen LogP contribution in [0, 0.1) is 11.6 Å². The molecule has 6 nitrogen and oxygen atoms in total. The summed E-state index contributed by atoms with van der Waals surface area (Å²) in [6.07, 6.45) is -0.410. The highest BCUT2D eigenvalue weighted by Gasteiger charge is 2.42. The van der Waals surface area contributed by atoms with E-state index < -0.39 is 28.7 Å². The summed E-state index contributed by atoms with van der Waals surface area (Å²) < 4.78 is 52.1. The Hall–Kier alpha value is -1.91. The fraction of sp³-hybridized carbons (Fsp3) is 0.294. The second-order valence-electron chi connectivity index (χ2n) is 5.95. The van der Waals surface area contributed by atoms with Crippen molar-refractivity contribution < 1.29 is 23.0 Å². The van der Waals surface area contributed by atoms with Gasteiger partial charge in [0.1, 0.15) is 5.69 Å². The number of aliphatic hydroxyl groups is 1. The number of anilines is 3. The van der Waals surface area contributed by atoms with Gasteiger partial charge in [0.05, 0.1) is 17.5 Å². The van der Waals surface area contributed by atoms with Gasteiger partial charge in [-0.2, -0.15) is 0 Å². The molecule has 1 atom stereocenters. The van der Waals surface area contributed by atoms with Gasteiger partial charge in [-0.15, -0.1) is 0 Å². The van der Waals surface area contributed by atoms with Gasteiger partial charge in [0.15, 0.2) is 11.6 Å². The number of rotatable bonds is 6. The van der Waals surface area contributed by atoms with Gasteiger partial charge in [-0.3, -0.25) is 13.4 Å². The Morgan fingerprint density at radius 2 is 1.69 bits per heavy atom. The number of nitrogens with one attached hydrogen (secondary N) is 1. The number of benzene rings is 2. The molecule has 0 radical (unpaired) electrons. The second-order valence-corrected chi connectivity index (χ2v) is 7.73. The van der Waals surface area contributed by atoms with Crippen molar-refractivity contribution in [1.82, 2.24) is 5.32 Å². The van der Waals surface area contributed by atoms with Crippen LogP contribution in [0.5, 0.6) is 0 Å². The van der Waals surface area contributed by atoms with Gasteiger partial charge in [-0.05, 0) is 48.7 Å². The number of halogens is 2. The normalized spacial score (nSPS) is 17.9. The lowest BCUT2D eigenvalue weighted by Crippen LogP contribution is -2.35. The fourth-order valence-electron chi connectivity index (χ4n) is 2.97. The second kappa shape index (κ2) is 7.37. The molecular formula is C17H21F2N3O3S. The van der Waals surface area contributed by atoms with Crippen LogP contribution in [0.2, 0.25) is 0 Å². The summed E-state index contributed by atoms with van der Waals surface area (Å²) in [6.45, 7) is 0.493. The number of hydrogen-bond acceptors (Lipinski definition) is 6. The van der Waals surface area contributed by atoms with E-state index in [9.17, 15) is 23.0 Å². The predicted octanol–water partition coefficient (Wildman–Crippen LogP) is 3.47. The first kappa shape index (κ1) is 18.9. The van der Waals surface area contributed by atoms with Crippen LogP contribution in [-0.4, -0.2) is 40.5 Å². The number of hydrogen-bond donors (Lipinski definition) is 4. The summed E-state index contributed by atoms with van der Waals surface area (Å²) in [4.78, 5) is 0. The van der Waals surface area contributed by atoms with Crippen LogP contribution < -0.4 is 13.9 Å². The van der Waals surface area contributed by atoms with E-state index in [1.807, 2.05) is 0 Å². The largest absolute Gasteiger partial charge is 0.392 e. The van der Waals surface area contributed by atoms with E-state index in [4.69, 9.17) is 0 Å². The molecule has 0 bridgehead atoms. The van der Waals surface area contributed by atoms with Gasteiger partial charge in [-0.1, -0.05) is 18.2 Å².